The smallest absolute Gasteiger partial charge is 0.221 e. The first kappa shape index (κ1) is 16.3. The first-order valence-corrected chi connectivity index (χ1v) is 8.46. The van der Waals surface area contributed by atoms with Crippen LogP contribution in [0.5, 0.6) is 0 Å². The number of benzene rings is 1. The van der Waals surface area contributed by atoms with E-state index in [1.54, 1.807) is 23.9 Å². The summed E-state index contributed by atoms with van der Waals surface area (Å²) >= 11 is 1.55. The number of rotatable bonds is 6. The summed E-state index contributed by atoms with van der Waals surface area (Å²) < 4.78 is 12.8. The van der Waals surface area contributed by atoms with Crippen LogP contribution in [0.2, 0.25) is 0 Å². The van der Waals surface area contributed by atoms with Gasteiger partial charge in [0.25, 0.3) is 0 Å². The molecule has 0 aliphatic heterocycles. The molecule has 1 fully saturated rings. The second kappa shape index (κ2) is 8.39. The van der Waals surface area contributed by atoms with Crippen LogP contribution in [0.4, 0.5) is 4.39 Å². The predicted molar refractivity (Wildman–Crippen MR) is 82.7 cm³/mol. The summed E-state index contributed by atoms with van der Waals surface area (Å²) in [6.45, 7) is 0.148. The van der Waals surface area contributed by atoms with E-state index in [0.717, 1.165) is 30.6 Å². The quantitative estimate of drug-likeness (QED) is 0.794. The van der Waals surface area contributed by atoms with Crippen LogP contribution >= 0.6 is 11.8 Å². The first-order chi connectivity index (χ1) is 10.2. The van der Waals surface area contributed by atoms with E-state index in [2.05, 4.69) is 5.32 Å². The summed E-state index contributed by atoms with van der Waals surface area (Å²) in [5.41, 5.74) is 0. The summed E-state index contributed by atoms with van der Waals surface area (Å²) in [5, 5.41) is 12.4. The van der Waals surface area contributed by atoms with Gasteiger partial charge in [-0.15, -0.1) is 11.8 Å². The lowest BCUT2D eigenvalue weighted by Gasteiger charge is -2.30. The molecule has 5 heteroatoms. The van der Waals surface area contributed by atoms with Gasteiger partial charge in [-0.25, -0.2) is 4.39 Å². The van der Waals surface area contributed by atoms with Crippen LogP contribution in [0.25, 0.3) is 0 Å². The number of hydrogen-bond acceptors (Lipinski definition) is 3. The summed E-state index contributed by atoms with van der Waals surface area (Å²) in [6.07, 6.45) is 4.65. The molecule has 0 saturated heterocycles. The van der Waals surface area contributed by atoms with E-state index in [1.165, 1.54) is 12.1 Å². The van der Waals surface area contributed by atoms with Crippen molar-refractivity contribution in [2.45, 2.75) is 43.0 Å². The molecule has 0 spiro atoms. The van der Waals surface area contributed by atoms with E-state index in [9.17, 15) is 14.3 Å². The van der Waals surface area contributed by atoms with Gasteiger partial charge >= 0.3 is 0 Å². The number of carbonyl (C=O) groups excluding carboxylic acids is 1. The number of amides is 1. The fourth-order valence-corrected chi connectivity index (χ4v) is 3.54. The van der Waals surface area contributed by atoms with Crippen molar-refractivity contribution in [1.82, 2.24) is 5.32 Å². The highest BCUT2D eigenvalue weighted by Gasteiger charge is 2.25. The monoisotopic (exact) mass is 311 g/mol. The van der Waals surface area contributed by atoms with Crippen LogP contribution < -0.4 is 5.32 Å². The molecule has 1 aliphatic rings. The number of carbonyl (C=O) groups is 1. The maximum atomic E-state index is 12.8. The summed E-state index contributed by atoms with van der Waals surface area (Å²) in [4.78, 5) is 12.9. The molecule has 1 saturated carbocycles. The van der Waals surface area contributed by atoms with Gasteiger partial charge in [-0.2, -0.15) is 0 Å². The van der Waals surface area contributed by atoms with Crippen LogP contribution in [0, 0.1) is 11.7 Å². The Morgan fingerprint density at radius 3 is 2.71 bits per heavy atom. The number of aliphatic hydroxyl groups is 1. The summed E-state index contributed by atoms with van der Waals surface area (Å²) in [7, 11) is 0. The zero-order valence-electron chi connectivity index (χ0n) is 12.1. The molecule has 2 unspecified atom stereocenters. The van der Waals surface area contributed by atoms with Crippen molar-refractivity contribution in [3.63, 3.8) is 0 Å². The third-order valence-corrected chi connectivity index (χ3v) is 4.92. The Morgan fingerprint density at radius 2 is 2.00 bits per heavy atom. The molecule has 116 valence electrons. The van der Waals surface area contributed by atoms with Gasteiger partial charge in [0.15, 0.2) is 0 Å². The van der Waals surface area contributed by atoms with Gasteiger partial charge in [-0.05, 0) is 37.1 Å². The minimum atomic E-state index is -0.246. The number of nitrogens with one attached hydrogen (secondary N) is 1. The molecule has 1 amide bonds. The van der Waals surface area contributed by atoms with Crippen molar-refractivity contribution in [3.8, 4) is 0 Å². The maximum absolute atomic E-state index is 12.8. The molecular formula is C16H22FNO2S. The number of aliphatic hydroxyl groups excluding tert-OH is 1. The van der Waals surface area contributed by atoms with Crippen molar-refractivity contribution in [1.29, 1.82) is 0 Å². The third kappa shape index (κ3) is 5.32. The van der Waals surface area contributed by atoms with Crippen LogP contribution in [0.3, 0.4) is 0 Å². The molecule has 0 heterocycles. The van der Waals surface area contributed by atoms with E-state index in [0.29, 0.717) is 12.2 Å². The predicted octanol–water partition coefficient (Wildman–Crippen LogP) is 2.98. The van der Waals surface area contributed by atoms with Gasteiger partial charge in [0.2, 0.25) is 5.91 Å². The van der Waals surface area contributed by atoms with E-state index in [4.69, 9.17) is 0 Å². The van der Waals surface area contributed by atoms with Gasteiger partial charge in [0.1, 0.15) is 5.82 Å². The van der Waals surface area contributed by atoms with Crippen LogP contribution in [-0.4, -0.2) is 29.4 Å². The summed E-state index contributed by atoms with van der Waals surface area (Å²) in [6, 6.07) is 6.42. The Balaban J connectivity index is 1.70. The lowest BCUT2D eigenvalue weighted by atomic mass is 9.85. The van der Waals surface area contributed by atoms with E-state index < -0.39 is 0 Å². The lowest BCUT2D eigenvalue weighted by Crippen LogP contribution is -2.43. The topological polar surface area (TPSA) is 49.3 Å². The molecule has 2 N–H and O–H groups in total. The molecular weight excluding hydrogens is 289 g/mol. The minimum Gasteiger partial charge on any atom is -0.396 e. The standard InChI is InChI=1S/C16H22FNO2S/c17-13-5-7-14(8-6-13)21-10-9-16(20)18-15-4-2-1-3-12(15)11-19/h5-8,12,15,19H,1-4,9-11H2,(H,18,20). The van der Waals surface area contributed by atoms with Gasteiger partial charge in [0.05, 0.1) is 0 Å². The Kier molecular flexibility index (Phi) is 6.51. The fraction of sp³-hybridized carbons (Fsp3) is 0.562. The van der Waals surface area contributed by atoms with Crippen molar-refractivity contribution in [2.24, 2.45) is 5.92 Å². The van der Waals surface area contributed by atoms with Gasteiger partial charge < -0.3 is 10.4 Å². The highest BCUT2D eigenvalue weighted by Crippen LogP contribution is 2.24. The van der Waals surface area contributed by atoms with Crippen molar-refractivity contribution in [2.75, 3.05) is 12.4 Å². The van der Waals surface area contributed by atoms with Gasteiger partial charge in [-0.3, -0.25) is 4.79 Å². The lowest BCUT2D eigenvalue weighted by molar-refractivity contribution is -0.122. The number of thioether (sulfide) groups is 1. The second-order valence-electron chi connectivity index (χ2n) is 5.45. The third-order valence-electron chi connectivity index (χ3n) is 3.90. The molecule has 0 radical (unpaired) electrons. The van der Waals surface area contributed by atoms with E-state index in [-0.39, 0.29) is 30.3 Å². The molecule has 2 atom stereocenters. The maximum Gasteiger partial charge on any atom is 0.221 e. The highest BCUT2D eigenvalue weighted by atomic mass is 32.2. The van der Waals surface area contributed by atoms with E-state index >= 15 is 0 Å². The molecule has 21 heavy (non-hydrogen) atoms. The van der Waals surface area contributed by atoms with Gasteiger partial charge in [0, 0.05) is 35.6 Å². The van der Waals surface area contributed by atoms with Crippen molar-refractivity contribution >= 4 is 17.7 Å². The molecule has 1 aromatic rings. The normalized spacial score (nSPS) is 22.0. The average molecular weight is 311 g/mol. The zero-order valence-corrected chi connectivity index (χ0v) is 12.9. The minimum absolute atomic E-state index is 0.0370. The highest BCUT2D eigenvalue weighted by molar-refractivity contribution is 7.99. The van der Waals surface area contributed by atoms with Crippen LogP contribution in [0.15, 0.2) is 29.2 Å². The Morgan fingerprint density at radius 1 is 1.29 bits per heavy atom. The van der Waals surface area contributed by atoms with Crippen LogP contribution in [0.1, 0.15) is 32.1 Å². The SMILES string of the molecule is O=C(CCSc1ccc(F)cc1)NC1CCCCC1CO. The molecule has 0 bridgehead atoms. The molecule has 1 aromatic carbocycles. The summed E-state index contributed by atoms with van der Waals surface area (Å²) in [5.74, 6) is 0.667. The van der Waals surface area contributed by atoms with Crippen LogP contribution in [-0.2, 0) is 4.79 Å². The zero-order chi connectivity index (χ0) is 15.1. The van der Waals surface area contributed by atoms with E-state index in [1.807, 2.05) is 0 Å². The van der Waals surface area contributed by atoms with Gasteiger partial charge in [-0.1, -0.05) is 12.8 Å². The molecule has 2 rings (SSSR count). The number of halogens is 1. The van der Waals surface area contributed by atoms with Crippen molar-refractivity contribution < 1.29 is 14.3 Å². The Hall–Kier alpha value is -1.07. The molecule has 1 aliphatic carbocycles. The fourth-order valence-electron chi connectivity index (χ4n) is 2.69. The Labute approximate surface area is 129 Å². The van der Waals surface area contributed by atoms with Crippen molar-refractivity contribution in [3.05, 3.63) is 30.1 Å². The largest absolute Gasteiger partial charge is 0.396 e. The second-order valence-corrected chi connectivity index (χ2v) is 6.62. The number of hydrogen-bond donors (Lipinski definition) is 2. The molecule has 0 aromatic heterocycles. The average Bonchev–Trinajstić information content (AvgIpc) is 2.50. The molecule has 3 nitrogen and oxygen atoms in total. The Bertz CT molecular complexity index is 452. The first-order valence-electron chi connectivity index (χ1n) is 7.47.